The summed E-state index contributed by atoms with van der Waals surface area (Å²) in [5.74, 6) is 0.559. The number of nitriles is 1. The van der Waals surface area contributed by atoms with Crippen molar-refractivity contribution in [2.24, 2.45) is 0 Å². The third-order valence-corrected chi connectivity index (χ3v) is 5.56. The van der Waals surface area contributed by atoms with Crippen LogP contribution in [0.25, 0.3) is 22.1 Å². The summed E-state index contributed by atoms with van der Waals surface area (Å²) in [6, 6.07) is 10.3. The van der Waals surface area contributed by atoms with E-state index in [0.29, 0.717) is 39.8 Å². The number of hydrogen-bond acceptors (Lipinski definition) is 6. The minimum absolute atomic E-state index is 0.0913. The molecule has 8 nitrogen and oxygen atoms in total. The topological polar surface area (TPSA) is 103 Å². The number of aromatic nitrogens is 4. The van der Waals surface area contributed by atoms with Gasteiger partial charge < -0.3 is 13.9 Å². The standard InChI is InChI=1S/C24H23N5O3/c1-14(2)28-21-9-16(11-25)8-17(24(21)27-13-23(28)31)7-15(3)29-20-10-18(32-4)12-26-19(20)5-6-22(29)30/h5-6,8-10,12-15H,7H2,1-4H3. The summed E-state index contributed by atoms with van der Waals surface area (Å²) in [6.45, 7) is 5.76. The van der Waals surface area contributed by atoms with Gasteiger partial charge in [-0.3, -0.25) is 14.6 Å². The second kappa shape index (κ2) is 8.27. The lowest BCUT2D eigenvalue weighted by atomic mass is 10.0. The Hall–Kier alpha value is -3.99. The van der Waals surface area contributed by atoms with Crippen molar-refractivity contribution in [2.45, 2.75) is 39.3 Å². The van der Waals surface area contributed by atoms with E-state index in [-0.39, 0.29) is 23.2 Å². The fraction of sp³-hybridized carbons (Fsp3) is 0.292. The third-order valence-electron chi connectivity index (χ3n) is 5.56. The summed E-state index contributed by atoms with van der Waals surface area (Å²) in [7, 11) is 1.55. The maximum absolute atomic E-state index is 12.8. The van der Waals surface area contributed by atoms with E-state index in [9.17, 15) is 14.9 Å². The molecule has 0 spiro atoms. The fourth-order valence-electron chi connectivity index (χ4n) is 4.16. The summed E-state index contributed by atoms with van der Waals surface area (Å²) in [5.41, 5.74) is 3.46. The Morgan fingerprint density at radius 3 is 2.47 bits per heavy atom. The Kier molecular flexibility index (Phi) is 5.49. The van der Waals surface area contributed by atoms with Crippen molar-refractivity contribution < 1.29 is 4.74 Å². The van der Waals surface area contributed by atoms with Gasteiger partial charge >= 0.3 is 0 Å². The first-order valence-electron chi connectivity index (χ1n) is 10.3. The summed E-state index contributed by atoms with van der Waals surface area (Å²) in [4.78, 5) is 34.0. The second-order valence-corrected chi connectivity index (χ2v) is 8.05. The molecule has 3 heterocycles. The van der Waals surface area contributed by atoms with E-state index in [4.69, 9.17) is 4.74 Å². The first kappa shape index (κ1) is 21.2. The zero-order valence-corrected chi connectivity index (χ0v) is 18.4. The van der Waals surface area contributed by atoms with Gasteiger partial charge in [0.2, 0.25) is 0 Å². The van der Waals surface area contributed by atoms with Crippen LogP contribution >= 0.6 is 0 Å². The van der Waals surface area contributed by atoms with E-state index in [0.717, 1.165) is 5.56 Å². The lowest BCUT2D eigenvalue weighted by Gasteiger charge is -2.20. The number of rotatable bonds is 5. The number of methoxy groups -OCH3 is 1. The Labute approximate surface area is 184 Å². The number of nitrogens with zero attached hydrogens (tertiary/aromatic N) is 5. The molecule has 0 saturated heterocycles. The van der Waals surface area contributed by atoms with Crippen LogP contribution in [0.1, 0.15) is 44.0 Å². The molecule has 4 aromatic rings. The molecule has 0 aliphatic carbocycles. The van der Waals surface area contributed by atoms with E-state index in [1.165, 1.54) is 12.3 Å². The fourth-order valence-corrected chi connectivity index (χ4v) is 4.16. The highest BCUT2D eigenvalue weighted by molar-refractivity contribution is 5.80. The van der Waals surface area contributed by atoms with Gasteiger partial charge in [-0.2, -0.15) is 5.26 Å². The monoisotopic (exact) mass is 429 g/mol. The van der Waals surface area contributed by atoms with Crippen LogP contribution < -0.4 is 15.9 Å². The van der Waals surface area contributed by atoms with Gasteiger partial charge in [0.25, 0.3) is 11.1 Å². The normalized spacial score (nSPS) is 12.2. The maximum Gasteiger partial charge on any atom is 0.269 e. The number of fused-ring (bicyclic) bond motifs is 2. The summed E-state index contributed by atoms with van der Waals surface area (Å²) in [6.07, 6.45) is 3.35. The molecule has 1 aromatic carbocycles. The molecular weight excluding hydrogens is 406 g/mol. The van der Waals surface area contributed by atoms with Gasteiger partial charge in [-0.15, -0.1) is 0 Å². The molecule has 1 unspecified atom stereocenters. The molecular formula is C24H23N5O3. The minimum atomic E-state index is -0.265. The largest absolute Gasteiger partial charge is 0.495 e. The van der Waals surface area contributed by atoms with Gasteiger partial charge in [0.05, 0.1) is 53.2 Å². The molecule has 0 aliphatic rings. The molecule has 0 fully saturated rings. The molecule has 162 valence electrons. The van der Waals surface area contributed by atoms with Crippen LogP contribution in [0, 0.1) is 11.3 Å². The van der Waals surface area contributed by atoms with Gasteiger partial charge in [0.1, 0.15) is 5.75 Å². The van der Waals surface area contributed by atoms with Crippen molar-refractivity contribution >= 4 is 22.1 Å². The molecule has 0 aliphatic heterocycles. The lowest BCUT2D eigenvalue weighted by Crippen LogP contribution is -2.25. The number of ether oxygens (including phenoxy) is 1. The SMILES string of the molecule is COc1cnc2ccc(=O)n(C(C)Cc3cc(C#N)cc4c3ncc(=O)n4C(C)C)c2c1. The van der Waals surface area contributed by atoms with E-state index in [1.54, 1.807) is 46.7 Å². The Morgan fingerprint density at radius 1 is 1.00 bits per heavy atom. The van der Waals surface area contributed by atoms with Gasteiger partial charge in [-0.1, -0.05) is 0 Å². The molecule has 0 amide bonds. The van der Waals surface area contributed by atoms with Crippen molar-refractivity contribution in [2.75, 3.05) is 7.11 Å². The summed E-state index contributed by atoms with van der Waals surface area (Å²) in [5, 5.41) is 9.58. The predicted molar refractivity (Wildman–Crippen MR) is 122 cm³/mol. The van der Waals surface area contributed by atoms with Crippen LogP contribution in [0.2, 0.25) is 0 Å². The average molecular weight is 429 g/mol. The number of pyridine rings is 2. The van der Waals surface area contributed by atoms with Crippen molar-refractivity contribution in [3.8, 4) is 11.8 Å². The zero-order valence-electron chi connectivity index (χ0n) is 18.4. The molecule has 0 bridgehead atoms. The Bertz CT molecular complexity index is 1490. The second-order valence-electron chi connectivity index (χ2n) is 8.05. The zero-order chi connectivity index (χ0) is 23.0. The van der Waals surface area contributed by atoms with Crippen LogP contribution in [0.5, 0.6) is 5.75 Å². The molecule has 0 saturated carbocycles. The van der Waals surface area contributed by atoms with Crippen LogP contribution in [0.3, 0.4) is 0 Å². The predicted octanol–water partition coefficient (Wildman–Crippen LogP) is 3.37. The van der Waals surface area contributed by atoms with Crippen LogP contribution in [-0.2, 0) is 6.42 Å². The van der Waals surface area contributed by atoms with E-state index in [1.807, 2.05) is 20.8 Å². The molecule has 0 N–H and O–H groups in total. The van der Waals surface area contributed by atoms with E-state index >= 15 is 0 Å². The highest BCUT2D eigenvalue weighted by atomic mass is 16.5. The van der Waals surface area contributed by atoms with Gasteiger partial charge in [-0.25, -0.2) is 4.98 Å². The number of benzene rings is 1. The van der Waals surface area contributed by atoms with E-state index in [2.05, 4.69) is 16.0 Å². The first-order valence-corrected chi connectivity index (χ1v) is 10.3. The summed E-state index contributed by atoms with van der Waals surface area (Å²) >= 11 is 0. The molecule has 3 aromatic heterocycles. The van der Waals surface area contributed by atoms with Crippen LogP contribution in [0.15, 0.2) is 52.3 Å². The van der Waals surface area contributed by atoms with Gasteiger partial charge in [-0.05, 0) is 51.0 Å². The molecule has 32 heavy (non-hydrogen) atoms. The van der Waals surface area contributed by atoms with Crippen LogP contribution in [-0.4, -0.2) is 26.2 Å². The minimum Gasteiger partial charge on any atom is -0.495 e. The van der Waals surface area contributed by atoms with Crippen molar-refractivity contribution in [1.82, 2.24) is 19.1 Å². The smallest absolute Gasteiger partial charge is 0.269 e. The van der Waals surface area contributed by atoms with Gasteiger partial charge in [0, 0.05) is 24.2 Å². The van der Waals surface area contributed by atoms with Crippen molar-refractivity contribution in [3.63, 3.8) is 0 Å². The molecule has 0 radical (unpaired) electrons. The lowest BCUT2D eigenvalue weighted by molar-refractivity contribution is 0.413. The van der Waals surface area contributed by atoms with Crippen molar-refractivity contribution in [3.05, 3.63) is 74.6 Å². The third kappa shape index (κ3) is 3.62. The Balaban J connectivity index is 1.90. The molecule has 8 heteroatoms. The van der Waals surface area contributed by atoms with E-state index < -0.39 is 0 Å². The number of hydrogen-bond donors (Lipinski definition) is 0. The molecule has 4 rings (SSSR count). The summed E-state index contributed by atoms with van der Waals surface area (Å²) < 4.78 is 8.60. The maximum atomic E-state index is 12.8. The average Bonchev–Trinajstić information content (AvgIpc) is 2.77. The highest BCUT2D eigenvalue weighted by Crippen LogP contribution is 2.26. The highest BCUT2D eigenvalue weighted by Gasteiger charge is 2.18. The van der Waals surface area contributed by atoms with Crippen molar-refractivity contribution in [1.29, 1.82) is 5.26 Å². The van der Waals surface area contributed by atoms with Gasteiger partial charge in [0.15, 0.2) is 0 Å². The quantitative estimate of drug-likeness (QED) is 0.482. The molecule has 1 atom stereocenters. The first-order chi connectivity index (χ1) is 15.3. The van der Waals surface area contributed by atoms with Crippen LogP contribution in [0.4, 0.5) is 0 Å². The Morgan fingerprint density at radius 2 is 1.78 bits per heavy atom.